The second-order valence-electron chi connectivity index (χ2n) is 4.77. The zero-order chi connectivity index (χ0) is 13.9. The van der Waals surface area contributed by atoms with Gasteiger partial charge in [0.05, 0.1) is 12.6 Å². The molecular weight excluding hydrogens is 242 g/mol. The van der Waals surface area contributed by atoms with Crippen molar-refractivity contribution in [2.24, 2.45) is 0 Å². The van der Waals surface area contributed by atoms with Gasteiger partial charge in [0.25, 0.3) is 0 Å². The van der Waals surface area contributed by atoms with Gasteiger partial charge >= 0.3 is 6.09 Å². The molecule has 2 atom stereocenters. The van der Waals surface area contributed by atoms with E-state index in [0.717, 1.165) is 5.56 Å². The highest BCUT2D eigenvalue weighted by Crippen LogP contribution is 2.34. The summed E-state index contributed by atoms with van der Waals surface area (Å²) >= 11 is 0. The van der Waals surface area contributed by atoms with Crippen LogP contribution in [0.25, 0.3) is 0 Å². The fraction of sp³-hybridized carbons (Fsp3) is 0.400. The topological polar surface area (TPSA) is 49.8 Å². The number of ether oxygens (including phenoxy) is 1. The van der Waals surface area contributed by atoms with E-state index < -0.39 is 5.54 Å². The van der Waals surface area contributed by atoms with Gasteiger partial charge in [0.2, 0.25) is 0 Å². The Morgan fingerprint density at radius 1 is 1.47 bits per heavy atom. The largest absolute Gasteiger partial charge is 0.446 e. The van der Waals surface area contributed by atoms with E-state index in [4.69, 9.17) is 4.74 Å². The van der Waals surface area contributed by atoms with Gasteiger partial charge in [0.15, 0.2) is 0 Å². The molecule has 102 valence electrons. The third kappa shape index (κ3) is 2.36. The Morgan fingerprint density at radius 2 is 2.16 bits per heavy atom. The van der Waals surface area contributed by atoms with Crippen LogP contribution in [0, 0.1) is 0 Å². The number of nitrogens with zero attached hydrogens (tertiary/aromatic N) is 1. The molecule has 1 unspecified atom stereocenters. The summed E-state index contributed by atoms with van der Waals surface area (Å²) < 4.78 is 5.14. The Hall–Kier alpha value is -1.81. The summed E-state index contributed by atoms with van der Waals surface area (Å²) in [6.07, 6.45) is 3.28. The number of aliphatic hydroxyl groups is 1. The van der Waals surface area contributed by atoms with Crippen molar-refractivity contribution in [3.05, 3.63) is 48.0 Å². The van der Waals surface area contributed by atoms with Crippen LogP contribution in [0.3, 0.4) is 0 Å². The number of rotatable bonds is 4. The maximum absolute atomic E-state index is 12.0. The number of hydrogen-bond donors (Lipinski definition) is 1. The standard InChI is InChI=1S/C15H19NO3/c1-3-9-15(10-17)11-19-14(18)16(15)12(2)13-7-5-4-6-8-13/h3-9,12,17H,10-11H2,1-2H3/b9-3-/t12?,15-/m0/s1. The van der Waals surface area contributed by atoms with Crippen molar-refractivity contribution >= 4 is 6.09 Å². The number of carbonyl (C=O) groups excluding carboxylic acids is 1. The van der Waals surface area contributed by atoms with Crippen molar-refractivity contribution in [2.75, 3.05) is 13.2 Å². The maximum Gasteiger partial charge on any atom is 0.411 e. The van der Waals surface area contributed by atoms with Crippen molar-refractivity contribution in [1.29, 1.82) is 0 Å². The highest BCUT2D eigenvalue weighted by atomic mass is 16.6. The molecule has 1 aliphatic rings. The molecular formula is C15H19NO3. The van der Waals surface area contributed by atoms with E-state index in [-0.39, 0.29) is 25.3 Å². The average Bonchev–Trinajstić information content (AvgIpc) is 2.77. The van der Waals surface area contributed by atoms with Gasteiger partial charge in [-0.1, -0.05) is 42.5 Å². The van der Waals surface area contributed by atoms with Gasteiger partial charge < -0.3 is 9.84 Å². The summed E-state index contributed by atoms with van der Waals surface area (Å²) in [4.78, 5) is 13.6. The normalized spacial score (nSPS) is 24.8. The lowest BCUT2D eigenvalue weighted by Gasteiger charge is -2.35. The van der Waals surface area contributed by atoms with Gasteiger partial charge in [-0.05, 0) is 19.4 Å². The minimum Gasteiger partial charge on any atom is -0.446 e. The van der Waals surface area contributed by atoms with Crippen LogP contribution in [0.5, 0.6) is 0 Å². The Morgan fingerprint density at radius 3 is 2.74 bits per heavy atom. The van der Waals surface area contributed by atoms with Gasteiger partial charge in [-0.2, -0.15) is 0 Å². The number of aliphatic hydroxyl groups excluding tert-OH is 1. The fourth-order valence-corrected chi connectivity index (χ4v) is 2.55. The SMILES string of the molecule is C/C=C\[C@]1(CO)COC(=O)N1C(C)c1ccccc1. The predicted molar refractivity (Wildman–Crippen MR) is 72.7 cm³/mol. The van der Waals surface area contributed by atoms with E-state index in [9.17, 15) is 9.90 Å². The third-order valence-corrected chi connectivity index (χ3v) is 3.54. The summed E-state index contributed by atoms with van der Waals surface area (Å²) in [7, 11) is 0. The molecule has 1 saturated heterocycles. The first-order valence-electron chi connectivity index (χ1n) is 6.40. The number of amides is 1. The zero-order valence-corrected chi connectivity index (χ0v) is 11.2. The van der Waals surface area contributed by atoms with E-state index in [0.29, 0.717) is 0 Å². The molecule has 1 aromatic carbocycles. The molecule has 2 rings (SSSR count). The summed E-state index contributed by atoms with van der Waals surface area (Å²) in [5.41, 5.74) is 0.254. The van der Waals surface area contributed by atoms with Gasteiger partial charge in [0.1, 0.15) is 12.1 Å². The van der Waals surface area contributed by atoms with Crippen molar-refractivity contribution in [2.45, 2.75) is 25.4 Å². The third-order valence-electron chi connectivity index (χ3n) is 3.54. The molecule has 4 nitrogen and oxygen atoms in total. The Kier molecular flexibility index (Phi) is 3.90. The summed E-state index contributed by atoms with van der Waals surface area (Å²) in [6.45, 7) is 3.84. The van der Waals surface area contributed by atoms with Crippen LogP contribution in [-0.2, 0) is 4.74 Å². The molecule has 1 aliphatic heterocycles. The summed E-state index contributed by atoms with van der Waals surface area (Å²) in [5, 5.41) is 9.71. The number of allylic oxidation sites excluding steroid dienone is 1. The van der Waals surface area contributed by atoms with E-state index in [1.54, 1.807) is 4.90 Å². The molecule has 4 heteroatoms. The quantitative estimate of drug-likeness (QED) is 0.847. The lowest BCUT2D eigenvalue weighted by molar-refractivity contribution is 0.0970. The Labute approximate surface area is 113 Å². The molecule has 1 amide bonds. The number of carbonyl (C=O) groups is 1. The molecule has 1 aromatic rings. The molecule has 19 heavy (non-hydrogen) atoms. The maximum atomic E-state index is 12.0. The monoisotopic (exact) mass is 261 g/mol. The fourth-order valence-electron chi connectivity index (χ4n) is 2.55. The van der Waals surface area contributed by atoms with Gasteiger partial charge in [-0.3, -0.25) is 4.90 Å². The lowest BCUT2D eigenvalue weighted by Crippen LogP contribution is -2.49. The van der Waals surface area contributed by atoms with Crippen molar-refractivity contribution in [1.82, 2.24) is 4.90 Å². The second-order valence-corrected chi connectivity index (χ2v) is 4.77. The predicted octanol–water partition coefficient (Wildman–Crippen LogP) is 2.51. The Bertz CT molecular complexity index is 472. The van der Waals surface area contributed by atoms with Crippen molar-refractivity contribution in [3.63, 3.8) is 0 Å². The summed E-state index contributed by atoms with van der Waals surface area (Å²) in [5.74, 6) is 0. The molecule has 0 bridgehead atoms. The minimum absolute atomic E-state index is 0.153. The molecule has 1 heterocycles. The van der Waals surface area contributed by atoms with Crippen LogP contribution >= 0.6 is 0 Å². The van der Waals surface area contributed by atoms with Crippen LogP contribution in [0.2, 0.25) is 0 Å². The smallest absolute Gasteiger partial charge is 0.411 e. The Balaban J connectivity index is 2.37. The van der Waals surface area contributed by atoms with Gasteiger partial charge in [-0.25, -0.2) is 4.79 Å². The van der Waals surface area contributed by atoms with Crippen LogP contribution < -0.4 is 0 Å². The van der Waals surface area contributed by atoms with E-state index in [1.165, 1.54) is 0 Å². The molecule has 1 fully saturated rings. The van der Waals surface area contributed by atoms with E-state index in [1.807, 2.05) is 56.3 Å². The lowest BCUT2D eigenvalue weighted by atomic mass is 9.96. The zero-order valence-electron chi connectivity index (χ0n) is 11.2. The highest BCUT2D eigenvalue weighted by molar-refractivity contribution is 5.72. The number of hydrogen-bond acceptors (Lipinski definition) is 3. The molecule has 0 aliphatic carbocycles. The molecule has 0 radical (unpaired) electrons. The first kappa shape index (κ1) is 13.6. The van der Waals surface area contributed by atoms with Crippen LogP contribution in [0.4, 0.5) is 4.79 Å². The number of benzene rings is 1. The van der Waals surface area contributed by atoms with Crippen LogP contribution in [-0.4, -0.2) is 34.9 Å². The van der Waals surface area contributed by atoms with Crippen LogP contribution in [0.15, 0.2) is 42.5 Å². The molecule has 0 aromatic heterocycles. The van der Waals surface area contributed by atoms with Crippen molar-refractivity contribution < 1.29 is 14.6 Å². The van der Waals surface area contributed by atoms with E-state index >= 15 is 0 Å². The minimum atomic E-state index is -0.763. The van der Waals surface area contributed by atoms with E-state index in [2.05, 4.69) is 0 Å². The highest BCUT2D eigenvalue weighted by Gasteiger charge is 2.47. The summed E-state index contributed by atoms with van der Waals surface area (Å²) in [6, 6.07) is 9.58. The first-order chi connectivity index (χ1) is 9.14. The average molecular weight is 261 g/mol. The molecule has 1 N–H and O–H groups in total. The first-order valence-corrected chi connectivity index (χ1v) is 6.40. The van der Waals surface area contributed by atoms with Crippen LogP contribution in [0.1, 0.15) is 25.5 Å². The number of cyclic esters (lactones) is 1. The molecule has 0 saturated carbocycles. The second kappa shape index (κ2) is 5.45. The van der Waals surface area contributed by atoms with Gasteiger partial charge in [0, 0.05) is 0 Å². The van der Waals surface area contributed by atoms with Crippen molar-refractivity contribution in [3.8, 4) is 0 Å². The van der Waals surface area contributed by atoms with Gasteiger partial charge in [-0.15, -0.1) is 0 Å². The molecule has 0 spiro atoms.